The van der Waals surface area contributed by atoms with Crippen molar-refractivity contribution in [2.75, 3.05) is 10.0 Å². The Morgan fingerprint density at radius 3 is 2.58 bits per heavy atom. The molecule has 0 spiro atoms. The van der Waals surface area contributed by atoms with E-state index in [1.54, 1.807) is 0 Å². The van der Waals surface area contributed by atoms with Crippen LogP contribution in [0.2, 0.25) is 0 Å². The highest BCUT2D eigenvalue weighted by Crippen LogP contribution is 2.32. The van der Waals surface area contributed by atoms with Crippen LogP contribution in [0.1, 0.15) is 32.9 Å². The first-order chi connectivity index (χ1) is 14.6. The molecule has 3 aromatic rings. The number of hydrogen-bond donors (Lipinski definition) is 2. The fourth-order valence-electron chi connectivity index (χ4n) is 3.19. The third kappa shape index (κ3) is 4.72. The molecule has 1 heterocycles. The van der Waals surface area contributed by atoms with Crippen molar-refractivity contribution in [1.29, 1.82) is 0 Å². The molecule has 0 radical (unpaired) electrons. The van der Waals surface area contributed by atoms with Crippen LogP contribution in [-0.2, 0) is 29.0 Å². The molecule has 1 aromatic heterocycles. The monoisotopic (exact) mass is 467 g/mol. The van der Waals surface area contributed by atoms with Gasteiger partial charge in [0.1, 0.15) is 0 Å². The molecule has 0 aliphatic heterocycles. The van der Waals surface area contributed by atoms with Crippen LogP contribution in [0.4, 0.5) is 24.0 Å². The highest BCUT2D eigenvalue weighted by atomic mass is 32.2. The van der Waals surface area contributed by atoms with E-state index in [4.69, 9.17) is 0 Å². The van der Waals surface area contributed by atoms with Gasteiger partial charge in [0.15, 0.2) is 5.13 Å². The summed E-state index contributed by atoms with van der Waals surface area (Å²) in [6.45, 7) is 0. The lowest BCUT2D eigenvalue weighted by Crippen LogP contribution is -2.16. The van der Waals surface area contributed by atoms with Crippen LogP contribution in [0.3, 0.4) is 0 Å². The molecule has 0 bridgehead atoms. The van der Waals surface area contributed by atoms with Crippen molar-refractivity contribution in [3.8, 4) is 0 Å². The van der Waals surface area contributed by atoms with Gasteiger partial charge in [0.2, 0.25) is 0 Å². The second-order valence-electron chi connectivity index (χ2n) is 6.91. The molecule has 4 rings (SSSR count). The van der Waals surface area contributed by atoms with E-state index in [0.29, 0.717) is 11.2 Å². The molecular weight excluding hydrogens is 451 g/mol. The molecule has 0 saturated carbocycles. The highest BCUT2D eigenvalue weighted by molar-refractivity contribution is 7.92. The Labute approximate surface area is 180 Å². The van der Waals surface area contributed by atoms with E-state index in [-0.39, 0.29) is 16.1 Å². The molecule has 0 unspecified atom stereocenters. The third-order valence-electron chi connectivity index (χ3n) is 4.66. The van der Waals surface area contributed by atoms with Gasteiger partial charge in [-0.3, -0.25) is 14.8 Å². The zero-order valence-corrected chi connectivity index (χ0v) is 17.5. The van der Waals surface area contributed by atoms with Gasteiger partial charge < -0.3 is 0 Å². The number of benzene rings is 2. The molecule has 1 aliphatic rings. The van der Waals surface area contributed by atoms with Gasteiger partial charge in [0.25, 0.3) is 15.9 Å². The number of aromatic nitrogens is 1. The number of nitrogens with zero attached hydrogens (tertiary/aromatic N) is 1. The van der Waals surface area contributed by atoms with Crippen LogP contribution in [0, 0.1) is 0 Å². The maximum Gasteiger partial charge on any atom is 0.416 e. The van der Waals surface area contributed by atoms with E-state index < -0.39 is 27.7 Å². The number of sulfonamides is 1. The molecule has 2 aromatic carbocycles. The van der Waals surface area contributed by atoms with E-state index >= 15 is 0 Å². The smallest absolute Gasteiger partial charge is 0.298 e. The van der Waals surface area contributed by atoms with Gasteiger partial charge in [-0.1, -0.05) is 12.1 Å². The van der Waals surface area contributed by atoms with Gasteiger partial charge in [0, 0.05) is 16.1 Å². The van der Waals surface area contributed by atoms with Crippen molar-refractivity contribution in [3.05, 3.63) is 70.2 Å². The number of amides is 1. The summed E-state index contributed by atoms with van der Waals surface area (Å²) in [7, 11) is -4.21. The fourth-order valence-corrected chi connectivity index (χ4v) is 5.33. The average molecular weight is 467 g/mol. The van der Waals surface area contributed by atoms with Gasteiger partial charge in [0.05, 0.1) is 16.2 Å². The molecule has 0 fully saturated rings. The van der Waals surface area contributed by atoms with Crippen LogP contribution in [0.5, 0.6) is 0 Å². The van der Waals surface area contributed by atoms with Gasteiger partial charge in [-0.2, -0.15) is 13.2 Å². The van der Waals surface area contributed by atoms with Crippen molar-refractivity contribution in [1.82, 2.24) is 4.98 Å². The maximum atomic E-state index is 12.9. The summed E-state index contributed by atoms with van der Waals surface area (Å²) < 4.78 is 66.0. The van der Waals surface area contributed by atoms with E-state index in [9.17, 15) is 26.4 Å². The van der Waals surface area contributed by atoms with Crippen molar-refractivity contribution in [2.24, 2.45) is 0 Å². The molecule has 11 heteroatoms. The number of carbonyl (C=O) groups is 1. The normalized spacial score (nSPS) is 13.6. The summed E-state index contributed by atoms with van der Waals surface area (Å²) in [6, 6.07) is 9.11. The van der Waals surface area contributed by atoms with E-state index in [2.05, 4.69) is 15.0 Å². The summed E-state index contributed by atoms with van der Waals surface area (Å²) in [5, 5.41) is 3.12. The standard InChI is InChI=1S/C20H16F3N3O3S2/c21-20(22,23)13-5-2-6-14(11-13)26-31(28,29)15-7-1-4-12(10-15)18(27)25-19-24-16-8-3-9-17(16)30-19/h1-2,4-7,10-11,26H,3,8-9H2,(H,24,25,27). The molecule has 0 saturated heterocycles. The zero-order valence-electron chi connectivity index (χ0n) is 15.9. The zero-order chi connectivity index (χ0) is 22.2. The van der Waals surface area contributed by atoms with Crippen LogP contribution in [0.15, 0.2) is 53.4 Å². The van der Waals surface area contributed by atoms with Gasteiger partial charge in [-0.05, 0) is 55.7 Å². The Bertz CT molecular complexity index is 1230. The Morgan fingerprint density at radius 1 is 1.06 bits per heavy atom. The van der Waals surface area contributed by atoms with Gasteiger partial charge in [-0.15, -0.1) is 11.3 Å². The van der Waals surface area contributed by atoms with Gasteiger partial charge >= 0.3 is 6.18 Å². The summed E-state index contributed by atoms with van der Waals surface area (Å²) in [5.41, 5.74) is -0.151. The van der Waals surface area contributed by atoms with Crippen LogP contribution >= 0.6 is 11.3 Å². The van der Waals surface area contributed by atoms with Crippen LogP contribution in [0.25, 0.3) is 0 Å². The largest absolute Gasteiger partial charge is 0.416 e. The van der Waals surface area contributed by atoms with Crippen LogP contribution < -0.4 is 10.0 Å². The number of nitrogens with one attached hydrogen (secondary N) is 2. The molecule has 6 nitrogen and oxygen atoms in total. The quantitative estimate of drug-likeness (QED) is 0.569. The molecule has 31 heavy (non-hydrogen) atoms. The minimum Gasteiger partial charge on any atom is -0.298 e. The molecule has 0 atom stereocenters. The lowest BCUT2D eigenvalue weighted by molar-refractivity contribution is -0.137. The Hall–Kier alpha value is -2.92. The maximum absolute atomic E-state index is 12.9. The summed E-state index contributed by atoms with van der Waals surface area (Å²) >= 11 is 1.39. The number of alkyl halides is 3. The van der Waals surface area contributed by atoms with E-state index in [0.717, 1.165) is 48.0 Å². The third-order valence-corrected chi connectivity index (χ3v) is 7.12. The number of rotatable bonds is 5. The Kier molecular flexibility index (Phi) is 5.48. The van der Waals surface area contributed by atoms with Crippen LogP contribution in [-0.4, -0.2) is 19.3 Å². The average Bonchev–Trinajstić information content (AvgIpc) is 3.29. The minimum atomic E-state index is -4.60. The molecule has 2 N–H and O–H groups in total. The second kappa shape index (κ2) is 7.97. The SMILES string of the molecule is O=C(Nc1nc2c(s1)CCC2)c1cccc(S(=O)(=O)Nc2cccc(C(F)(F)F)c2)c1. The molecular formula is C20H16F3N3O3S2. The lowest BCUT2D eigenvalue weighted by Gasteiger charge is -2.12. The predicted octanol–water partition coefficient (Wildman–Crippen LogP) is 4.70. The summed E-state index contributed by atoms with van der Waals surface area (Å²) in [5.74, 6) is -0.524. The second-order valence-corrected chi connectivity index (χ2v) is 9.67. The summed E-state index contributed by atoms with van der Waals surface area (Å²) in [6.07, 6.45) is -1.76. The summed E-state index contributed by atoms with van der Waals surface area (Å²) in [4.78, 5) is 17.8. The number of carbonyl (C=O) groups excluding carboxylic acids is 1. The number of halogens is 3. The predicted molar refractivity (Wildman–Crippen MR) is 111 cm³/mol. The number of hydrogen-bond acceptors (Lipinski definition) is 5. The Balaban J connectivity index is 1.53. The van der Waals surface area contributed by atoms with Gasteiger partial charge in [-0.25, -0.2) is 13.4 Å². The Morgan fingerprint density at radius 2 is 1.84 bits per heavy atom. The minimum absolute atomic E-state index is 0.0854. The lowest BCUT2D eigenvalue weighted by atomic mass is 10.2. The first-order valence-corrected chi connectivity index (χ1v) is 11.5. The van der Waals surface area contributed by atoms with Crippen molar-refractivity contribution in [2.45, 2.75) is 30.3 Å². The number of fused-ring (bicyclic) bond motifs is 1. The first kappa shape index (κ1) is 21.3. The highest BCUT2D eigenvalue weighted by Gasteiger charge is 2.30. The topological polar surface area (TPSA) is 88.2 Å². The van der Waals surface area contributed by atoms with E-state index in [1.165, 1.54) is 35.6 Å². The van der Waals surface area contributed by atoms with Crippen molar-refractivity contribution >= 4 is 38.1 Å². The molecule has 1 amide bonds. The van der Waals surface area contributed by atoms with E-state index in [1.807, 2.05) is 0 Å². The number of anilines is 2. The number of thiazole rings is 1. The molecule has 1 aliphatic carbocycles. The number of aryl methyl sites for hydroxylation is 2. The fraction of sp³-hybridized carbons (Fsp3) is 0.200. The van der Waals surface area contributed by atoms with Crippen molar-refractivity contribution in [3.63, 3.8) is 0 Å². The first-order valence-electron chi connectivity index (χ1n) is 9.22. The molecule has 162 valence electrons. The van der Waals surface area contributed by atoms with Crippen molar-refractivity contribution < 1.29 is 26.4 Å².